The monoisotopic (exact) mass is 490 g/mol. The number of hydrogen-bond acceptors (Lipinski definition) is 6. The van der Waals surface area contributed by atoms with Crippen LogP contribution in [0.2, 0.25) is 0 Å². The van der Waals surface area contributed by atoms with E-state index in [1.165, 1.54) is 16.7 Å². The van der Waals surface area contributed by atoms with Gasteiger partial charge < -0.3 is 20.3 Å². The van der Waals surface area contributed by atoms with Gasteiger partial charge in [0.15, 0.2) is 0 Å². The van der Waals surface area contributed by atoms with Gasteiger partial charge in [-0.05, 0) is 57.1 Å². The molecule has 36 heavy (non-hydrogen) atoms. The number of nitrogens with one attached hydrogen (secondary N) is 2. The molecule has 3 N–H and O–H groups in total. The van der Waals surface area contributed by atoms with Crippen molar-refractivity contribution >= 4 is 17.0 Å². The molecule has 7 heteroatoms. The second-order valence-corrected chi connectivity index (χ2v) is 11.2. The number of fused-ring (bicyclic) bond motifs is 1. The Bertz CT molecular complexity index is 1140. The highest BCUT2D eigenvalue weighted by molar-refractivity contribution is 5.94. The van der Waals surface area contributed by atoms with E-state index in [0.717, 1.165) is 82.3 Å². The van der Waals surface area contributed by atoms with Crippen molar-refractivity contribution < 1.29 is 5.11 Å². The highest BCUT2D eigenvalue weighted by atomic mass is 16.3. The Labute approximate surface area is 215 Å². The zero-order valence-corrected chi connectivity index (χ0v) is 22.1. The molecule has 0 bridgehead atoms. The van der Waals surface area contributed by atoms with E-state index in [2.05, 4.69) is 64.4 Å². The zero-order valence-electron chi connectivity index (χ0n) is 22.1. The maximum atomic E-state index is 10.5. The van der Waals surface area contributed by atoms with E-state index < -0.39 is 5.60 Å². The molecule has 7 nitrogen and oxygen atoms in total. The number of aromatic nitrogens is 3. The van der Waals surface area contributed by atoms with Gasteiger partial charge in [0.05, 0.1) is 5.60 Å². The van der Waals surface area contributed by atoms with Crippen LogP contribution >= 0.6 is 0 Å². The predicted molar refractivity (Wildman–Crippen MR) is 147 cm³/mol. The number of aliphatic hydroxyl groups is 1. The molecule has 2 aromatic heterocycles. The molecule has 1 aliphatic carbocycles. The third-order valence-corrected chi connectivity index (χ3v) is 7.98. The Hall–Kier alpha value is -2.48. The highest BCUT2D eigenvalue weighted by Crippen LogP contribution is 2.39. The maximum absolute atomic E-state index is 10.5. The molecule has 1 aromatic carbocycles. The largest absolute Gasteiger partial charge is 0.390 e. The quantitative estimate of drug-likeness (QED) is 0.414. The van der Waals surface area contributed by atoms with E-state index in [4.69, 9.17) is 9.97 Å². The van der Waals surface area contributed by atoms with Gasteiger partial charge in [-0.3, -0.25) is 4.90 Å². The van der Waals surface area contributed by atoms with E-state index in [1.54, 1.807) is 0 Å². The van der Waals surface area contributed by atoms with Crippen molar-refractivity contribution in [2.75, 3.05) is 31.5 Å². The van der Waals surface area contributed by atoms with Gasteiger partial charge in [0.2, 0.25) is 5.95 Å². The van der Waals surface area contributed by atoms with E-state index in [1.807, 2.05) is 13.1 Å². The van der Waals surface area contributed by atoms with Gasteiger partial charge in [0.1, 0.15) is 5.65 Å². The lowest BCUT2D eigenvalue weighted by Gasteiger charge is -2.34. The molecule has 0 spiro atoms. The zero-order chi connectivity index (χ0) is 25.1. The molecule has 2 fully saturated rings. The molecular weight excluding hydrogens is 448 g/mol. The molecule has 3 aromatic rings. The van der Waals surface area contributed by atoms with Crippen LogP contribution in [0.4, 0.5) is 5.95 Å². The maximum Gasteiger partial charge on any atom is 0.224 e. The Morgan fingerprint density at radius 3 is 2.58 bits per heavy atom. The molecule has 194 valence electrons. The number of nitrogens with zero attached hydrogens (tertiary/aromatic N) is 4. The van der Waals surface area contributed by atoms with Gasteiger partial charge in [-0.15, -0.1) is 0 Å². The smallest absolute Gasteiger partial charge is 0.224 e. The summed E-state index contributed by atoms with van der Waals surface area (Å²) in [4.78, 5) is 12.2. The van der Waals surface area contributed by atoms with Crippen LogP contribution in [0.1, 0.15) is 70.9 Å². The first-order chi connectivity index (χ1) is 17.4. The van der Waals surface area contributed by atoms with Crippen molar-refractivity contribution in [1.29, 1.82) is 0 Å². The summed E-state index contributed by atoms with van der Waals surface area (Å²) in [5.41, 5.74) is 4.17. The summed E-state index contributed by atoms with van der Waals surface area (Å²) in [5.74, 6) is 0.698. The minimum absolute atomic E-state index is 0.336. The van der Waals surface area contributed by atoms with Crippen molar-refractivity contribution in [2.24, 2.45) is 0 Å². The standard InChI is InChI=1S/C29H42N6O/c1-4-5-21(2)32-28-31-18-25-26(20-35(27(25)33-28)24-10-12-29(3,36)13-11-24)23-8-6-22(7-9-23)19-34-16-14-30-15-17-34/h6-9,18,20-21,24,30,36H,4-5,10-17,19H2,1-3H3,(H,31,32,33)/t21-,24-,29-/m0/s1. The summed E-state index contributed by atoms with van der Waals surface area (Å²) in [7, 11) is 0. The van der Waals surface area contributed by atoms with Gasteiger partial charge in [-0.25, -0.2) is 4.98 Å². The number of rotatable bonds is 8. The molecular formula is C29H42N6O. The third-order valence-electron chi connectivity index (χ3n) is 7.98. The molecule has 3 heterocycles. The summed E-state index contributed by atoms with van der Waals surface area (Å²) < 4.78 is 2.35. The number of benzene rings is 1. The van der Waals surface area contributed by atoms with Crippen LogP contribution in [0.5, 0.6) is 0 Å². The molecule has 1 aliphatic heterocycles. The first kappa shape index (κ1) is 25.2. The fourth-order valence-electron chi connectivity index (χ4n) is 5.75. The van der Waals surface area contributed by atoms with Crippen LogP contribution in [0, 0.1) is 0 Å². The molecule has 1 saturated heterocycles. The number of anilines is 1. The van der Waals surface area contributed by atoms with Crippen LogP contribution < -0.4 is 10.6 Å². The van der Waals surface area contributed by atoms with Crippen LogP contribution in [-0.2, 0) is 6.54 Å². The van der Waals surface area contributed by atoms with Crippen LogP contribution in [0.25, 0.3) is 22.2 Å². The second kappa shape index (κ2) is 10.9. The predicted octanol–water partition coefficient (Wildman–Crippen LogP) is 4.97. The van der Waals surface area contributed by atoms with Crippen LogP contribution in [0.15, 0.2) is 36.7 Å². The number of piperazine rings is 1. The minimum Gasteiger partial charge on any atom is -0.390 e. The minimum atomic E-state index is -0.556. The Kier molecular flexibility index (Phi) is 7.60. The molecule has 0 unspecified atom stereocenters. The van der Waals surface area contributed by atoms with Gasteiger partial charge in [0, 0.05) is 68.2 Å². The molecule has 5 rings (SSSR count). The first-order valence-electron chi connectivity index (χ1n) is 13.8. The topological polar surface area (TPSA) is 78.2 Å². The van der Waals surface area contributed by atoms with Crippen LogP contribution in [0.3, 0.4) is 0 Å². The fourth-order valence-corrected chi connectivity index (χ4v) is 5.75. The lowest BCUT2D eigenvalue weighted by atomic mass is 9.83. The van der Waals surface area contributed by atoms with E-state index in [-0.39, 0.29) is 0 Å². The normalized spacial score (nSPS) is 24.2. The average Bonchev–Trinajstić information content (AvgIpc) is 3.24. The third kappa shape index (κ3) is 5.74. The van der Waals surface area contributed by atoms with E-state index in [0.29, 0.717) is 18.0 Å². The van der Waals surface area contributed by atoms with Crippen molar-refractivity contribution in [3.05, 3.63) is 42.2 Å². The summed E-state index contributed by atoms with van der Waals surface area (Å²) in [6.07, 6.45) is 10.0. The fraction of sp³-hybridized carbons (Fsp3) is 0.586. The van der Waals surface area contributed by atoms with Gasteiger partial charge >= 0.3 is 0 Å². The van der Waals surface area contributed by atoms with Crippen molar-refractivity contribution in [2.45, 2.75) is 83.5 Å². The molecule has 2 aliphatic rings. The van der Waals surface area contributed by atoms with Crippen molar-refractivity contribution in [3.8, 4) is 11.1 Å². The molecule has 1 saturated carbocycles. The second-order valence-electron chi connectivity index (χ2n) is 11.2. The van der Waals surface area contributed by atoms with E-state index in [9.17, 15) is 5.11 Å². The van der Waals surface area contributed by atoms with Crippen LogP contribution in [-0.4, -0.2) is 62.4 Å². The SMILES string of the molecule is CCC[C@H](C)Nc1ncc2c(-c3ccc(CN4CCNCC4)cc3)cn([C@H]3CC[C@](C)(O)CC3)c2n1. The Balaban J connectivity index is 1.45. The summed E-state index contributed by atoms with van der Waals surface area (Å²) in [6.45, 7) is 11.7. The van der Waals surface area contributed by atoms with Gasteiger partial charge in [0.25, 0.3) is 0 Å². The Morgan fingerprint density at radius 2 is 1.89 bits per heavy atom. The molecule has 0 radical (unpaired) electrons. The summed E-state index contributed by atoms with van der Waals surface area (Å²) in [5, 5.41) is 18.5. The summed E-state index contributed by atoms with van der Waals surface area (Å²) >= 11 is 0. The van der Waals surface area contributed by atoms with E-state index >= 15 is 0 Å². The highest BCUT2D eigenvalue weighted by Gasteiger charge is 2.31. The molecule has 0 amide bonds. The Morgan fingerprint density at radius 1 is 1.17 bits per heavy atom. The van der Waals surface area contributed by atoms with Gasteiger partial charge in [-0.1, -0.05) is 37.6 Å². The average molecular weight is 491 g/mol. The lowest BCUT2D eigenvalue weighted by molar-refractivity contribution is 0.0104. The number of hydrogen-bond donors (Lipinski definition) is 3. The van der Waals surface area contributed by atoms with Gasteiger partial charge in [-0.2, -0.15) is 4.98 Å². The van der Waals surface area contributed by atoms with Crippen molar-refractivity contribution in [1.82, 2.24) is 24.8 Å². The van der Waals surface area contributed by atoms with Crippen molar-refractivity contribution in [3.63, 3.8) is 0 Å². The first-order valence-corrected chi connectivity index (χ1v) is 13.8. The molecule has 1 atom stereocenters. The lowest BCUT2D eigenvalue weighted by Crippen LogP contribution is -2.42. The summed E-state index contributed by atoms with van der Waals surface area (Å²) in [6, 6.07) is 9.70.